The van der Waals surface area contributed by atoms with Crippen molar-refractivity contribution in [1.82, 2.24) is 4.98 Å². The van der Waals surface area contributed by atoms with Gasteiger partial charge in [0.2, 0.25) is 0 Å². The molecule has 1 N–H and O–H groups in total. The minimum atomic E-state index is -0.0916. The van der Waals surface area contributed by atoms with Gasteiger partial charge in [0.15, 0.2) is 5.75 Å². The highest BCUT2D eigenvalue weighted by Crippen LogP contribution is 2.36. The molecule has 0 aliphatic rings. The van der Waals surface area contributed by atoms with Gasteiger partial charge in [-0.15, -0.1) is 22.7 Å². The highest BCUT2D eigenvalue weighted by atomic mass is 35.5. The number of aromatic nitrogens is 1. The number of rotatable bonds is 3. The van der Waals surface area contributed by atoms with E-state index in [2.05, 4.69) is 16.4 Å². The minimum absolute atomic E-state index is 0.0916. The summed E-state index contributed by atoms with van der Waals surface area (Å²) in [4.78, 5) is 5.88. The molecular formula is C14H9Cl2NOS2. The summed E-state index contributed by atoms with van der Waals surface area (Å²) in [5.41, 5.74) is 1.64. The Morgan fingerprint density at radius 1 is 1.15 bits per heavy atom. The lowest BCUT2D eigenvalue weighted by molar-refractivity contribution is 0.476. The van der Waals surface area contributed by atoms with E-state index in [4.69, 9.17) is 23.2 Å². The van der Waals surface area contributed by atoms with Gasteiger partial charge in [0.1, 0.15) is 0 Å². The first-order valence-corrected chi connectivity index (χ1v) is 8.30. The summed E-state index contributed by atoms with van der Waals surface area (Å²) in [6.45, 7) is 0. The van der Waals surface area contributed by atoms with Crippen molar-refractivity contribution in [2.45, 2.75) is 6.42 Å². The molecule has 1 aromatic carbocycles. The lowest BCUT2D eigenvalue weighted by Gasteiger charge is -2.03. The normalized spacial score (nSPS) is 10.9. The molecule has 0 saturated heterocycles. The number of aromatic hydroxyl groups is 1. The third-order valence-corrected chi connectivity index (χ3v) is 5.07. The Morgan fingerprint density at radius 2 is 1.90 bits per heavy atom. The van der Waals surface area contributed by atoms with Crippen molar-refractivity contribution in [2.75, 3.05) is 0 Å². The van der Waals surface area contributed by atoms with Crippen LogP contribution in [0.15, 0.2) is 35.0 Å². The van der Waals surface area contributed by atoms with Crippen LogP contribution in [0.3, 0.4) is 0 Å². The summed E-state index contributed by atoms with van der Waals surface area (Å²) in [6, 6.07) is 7.48. The quantitative estimate of drug-likeness (QED) is 0.684. The third-order valence-electron chi connectivity index (χ3n) is 2.77. The van der Waals surface area contributed by atoms with Crippen LogP contribution in [-0.2, 0) is 6.42 Å². The van der Waals surface area contributed by atoms with Crippen molar-refractivity contribution >= 4 is 45.9 Å². The lowest BCUT2D eigenvalue weighted by atomic mass is 10.1. The summed E-state index contributed by atoms with van der Waals surface area (Å²) < 4.78 is 0. The lowest BCUT2D eigenvalue weighted by Crippen LogP contribution is -1.84. The molecule has 6 heteroatoms. The number of phenols is 1. The van der Waals surface area contributed by atoms with Crippen molar-refractivity contribution in [2.24, 2.45) is 0 Å². The van der Waals surface area contributed by atoms with E-state index in [9.17, 15) is 5.11 Å². The number of nitrogens with zero attached hydrogens (tertiary/aromatic N) is 1. The molecule has 3 aromatic rings. The van der Waals surface area contributed by atoms with Crippen LogP contribution in [0.1, 0.15) is 9.88 Å². The molecule has 0 aliphatic carbocycles. The Kier molecular flexibility index (Phi) is 3.98. The second-order valence-electron chi connectivity index (χ2n) is 4.17. The van der Waals surface area contributed by atoms with Gasteiger partial charge in [-0.05, 0) is 23.6 Å². The molecule has 3 rings (SSSR count). The summed E-state index contributed by atoms with van der Waals surface area (Å²) in [6.07, 6.45) is 0.835. The molecule has 20 heavy (non-hydrogen) atoms. The molecule has 0 unspecified atom stereocenters. The van der Waals surface area contributed by atoms with E-state index in [1.165, 1.54) is 4.88 Å². The highest BCUT2D eigenvalue weighted by Gasteiger charge is 2.11. The molecule has 0 atom stereocenters. The van der Waals surface area contributed by atoms with Crippen LogP contribution in [0.4, 0.5) is 0 Å². The zero-order valence-electron chi connectivity index (χ0n) is 10.1. The smallest absolute Gasteiger partial charge is 0.152 e. The summed E-state index contributed by atoms with van der Waals surface area (Å²) >= 11 is 15.2. The molecule has 0 fully saturated rings. The molecule has 0 saturated carbocycles. The van der Waals surface area contributed by atoms with Crippen molar-refractivity contribution in [3.8, 4) is 17.0 Å². The van der Waals surface area contributed by atoms with Gasteiger partial charge in [-0.3, -0.25) is 0 Å². The SMILES string of the molecule is Oc1c(Cl)cc(-c2csc(Cc3cccs3)n2)cc1Cl. The van der Waals surface area contributed by atoms with Crippen LogP contribution in [0.2, 0.25) is 10.0 Å². The molecule has 0 bridgehead atoms. The van der Waals surface area contributed by atoms with Gasteiger partial charge in [0, 0.05) is 22.2 Å². The number of thiazole rings is 1. The fourth-order valence-electron chi connectivity index (χ4n) is 1.80. The summed E-state index contributed by atoms with van der Waals surface area (Å²) in [5.74, 6) is -0.0916. The Labute approximate surface area is 134 Å². The van der Waals surface area contributed by atoms with E-state index in [1.54, 1.807) is 34.8 Å². The fourth-order valence-corrected chi connectivity index (χ4v) is 3.91. The number of phenolic OH excluding ortho intramolecular Hbond substituents is 1. The molecule has 0 aliphatic heterocycles. The summed E-state index contributed by atoms with van der Waals surface area (Å²) in [5, 5.41) is 15.1. The second kappa shape index (κ2) is 5.74. The van der Waals surface area contributed by atoms with Gasteiger partial charge >= 0.3 is 0 Å². The van der Waals surface area contributed by atoms with E-state index in [1.807, 2.05) is 11.4 Å². The molecule has 102 valence electrons. The molecule has 0 amide bonds. The van der Waals surface area contributed by atoms with E-state index < -0.39 is 0 Å². The highest BCUT2D eigenvalue weighted by molar-refractivity contribution is 7.11. The monoisotopic (exact) mass is 341 g/mol. The zero-order chi connectivity index (χ0) is 14.1. The van der Waals surface area contributed by atoms with Crippen molar-refractivity contribution in [3.63, 3.8) is 0 Å². The fraction of sp³-hybridized carbons (Fsp3) is 0.0714. The molecule has 2 heterocycles. The van der Waals surface area contributed by atoms with Crippen LogP contribution in [-0.4, -0.2) is 10.1 Å². The number of hydrogen-bond donors (Lipinski definition) is 1. The van der Waals surface area contributed by atoms with Crippen LogP contribution >= 0.6 is 45.9 Å². The third kappa shape index (κ3) is 2.83. The van der Waals surface area contributed by atoms with Gasteiger partial charge in [0.05, 0.1) is 20.7 Å². The van der Waals surface area contributed by atoms with Crippen LogP contribution in [0.5, 0.6) is 5.75 Å². The van der Waals surface area contributed by atoms with Gasteiger partial charge in [-0.1, -0.05) is 29.3 Å². The predicted molar refractivity (Wildman–Crippen MR) is 86.4 cm³/mol. The first-order valence-electron chi connectivity index (χ1n) is 5.78. The Bertz CT molecular complexity index is 714. The topological polar surface area (TPSA) is 33.1 Å². The average molecular weight is 342 g/mol. The predicted octanol–water partition coefficient (Wildman–Crippen LogP) is 5.47. The average Bonchev–Trinajstić information content (AvgIpc) is 3.07. The van der Waals surface area contributed by atoms with E-state index in [0.717, 1.165) is 22.7 Å². The Morgan fingerprint density at radius 3 is 2.55 bits per heavy atom. The molecule has 2 aromatic heterocycles. The molecule has 2 nitrogen and oxygen atoms in total. The Balaban J connectivity index is 1.90. The van der Waals surface area contributed by atoms with Gasteiger partial charge in [-0.2, -0.15) is 0 Å². The number of thiophene rings is 1. The van der Waals surface area contributed by atoms with E-state index in [0.29, 0.717) is 0 Å². The van der Waals surface area contributed by atoms with Gasteiger partial charge in [-0.25, -0.2) is 4.98 Å². The molecule has 0 radical (unpaired) electrons. The van der Waals surface area contributed by atoms with Crippen LogP contribution < -0.4 is 0 Å². The van der Waals surface area contributed by atoms with Crippen LogP contribution in [0, 0.1) is 0 Å². The molecular weight excluding hydrogens is 333 g/mol. The summed E-state index contributed by atoms with van der Waals surface area (Å²) in [7, 11) is 0. The maximum absolute atomic E-state index is 9.57. The maximum Gasteiger partial charge on any atom is 0.152 e. The minimum Gasteiger partial charge on any atom is -0.505 e. The largest absolute Gasteiger partial charge is 0.505 e. The van der Waals surface area contributed by atoms with Crippen molar-refractivity contribution in [3.05, 3.63) is 55.0 Å². The van der Waals surface area contributed by atoms with E-state index >= 15 is 0 Å². The first kappa shape index (κ1) is 13.9. The standard InChI is InChI=1S/C14H9Cl2NOS2/c15-10-4-8(5-11(16)14(10)18)12-7-20-13(17-12)6-9-2-1-3-19-9/h1-5,7,18H,6H2. The number of halogens is 2. The zero-order valence-corrected chi connectivity index (χ0v) is 13.3. The van der Waals surface area contributed by atoms with Crippen LogP contribution in [0.25, 0.3) is 11.3 Å². The van der Waals surface area contributed by atoms with Gasteiger partial charge < -0.3 is 5.11 Å². The van der Waals surface area contributed by atoms with Crippen molar-refractivity contribution in [1.29, 1.82) is 0 Å². The van der Waals surface area contributed by atoms with Gasteiger partial charge in [0.25, 0.3) is 0 Å². The number of hydrogen-bond acceptors (Lipinski definition) is 4. The number of benzene rings is 1. The van der Waals surface area contributed by atoms with E-state index in [-0.39, 0.29) is 15.8 Å². The van der Waals surface area contributed by atoms with Crippen molar-refractivity contribution < 1.29 is 5.11 Å². The first-order chi connectivity index (χ1) is 9.63. The second-order valence-corrected chi connectivity index (χ2v) is 6.96. The Hall–Kier alpha value is -1.07. The maximum atomic E-state index is 9.57. The molecule has 0 spiro atoms.